The van der Waals surface area contributed by atoms with E-state index in [1.807, 2.05) is 0 Å². The molecule has 0 saturated carbocycles. The Hall–Kier alpha value is -1.82. The molecule has 2 aliphatic rings. The quantitative estimate of drug-likeness (QED) is 0.396. The van der Waals surface area contributed by atoms with Crippen molar-refractivity contribution in [1.29, 1.82) is 0 Å². The van der Waals surface area contributed by atoms with E-state index in [2.05, 4.69) is 11.8 Å². The summed E-state index contributed by atoms with van der Waals surface area (Å²) >= 11 is 0. The Morgan fingerprint density at radius 3 is 2.55 bits per heavy atom. The van der Waals surface area contributed by atoms with E-state index in [-0.39, 0.29) is 12.0 Å². The summed E-state index contributed by atoms with van der Waals surface area (Å²) in [6.07, 6.45) is 6.61. The summed E-state index contributed by atoms with van der Waals surface area (Å²) in [5, 5.41) is 9.20. The Balaban J connectivity index is 1.91. The van der Waals surface area contributed by atoms with Crippen molar-refractivity contribution in [2.24, 2.45) is 0 Å². The summed E-state index contributed by atoms with van der Waals surface area (Å²) in [6.45, 7) is 6.08. The molecule has 0 aromatic heterocycles. The number of carbonyl (C=O) groups is 2. The number of rotatable bonds is 9. The van der Waals surface area contributed by atoms with Crippen molar-refractivity contribution < 1.29 is 19.4 Å². The summed E-state index contributed by atoms with van der Waals surface area (Å²) in [6, 6.07) is 0. The number of carboxylic acids is 1. The van der Waals surface area contributed by atoms with E-state index in [1.54, 1.807) is 17.3 Å². The van der Waals surface area contributed by atoms with Gasteiger partial charge in [0, 0.05) is 45.0 Å². The summed E-state index contributed by atoms with van der Waals surface area (Å²) < 4.78 is 5.24. The van der Waals surface area contributed by atoms with Gasteiger partial charge in [0.25, 0.3) is 0 Å². The number of hydrogen-bond acceptors (Lipinski definition) is 5. The molecule has 2 rings (SSSR count). The minimum Gasteiger partial charge on any atom is -0.478 e. The predicted molar refractivity (Wildman–Crippen MR) is 82.0 cm³/mol. The summed E-state index contributed by atoms with van der Waals surface area (Å²) in [5.74, 6) is -1.39. The molecule has 0 aromatic carbocycles. The average molecular weight is 308 g/mol. The molecular weight excluding hydrogens is 284 g/mol. The zero-order valence-corrected chi connectivity index (χ0v) is 13.1. The lowest BCUT2D eigenvalue weighted by Crippen LogP contribution is -2.24. The summed E-state index contributed by atoms with van der Waals surface area (Å²) in [5.41, 5.74) is 0.652. The molecule has 1 N–H and O–H groups in total. The van der Waals surface area contributed by atoms with Crippen molar-refractivity contribution in [2.75, 3.05) is 32.8 Å². The molecule has 1 fully saturated rings. The molecule has 0 radical (unpaired) electrons. The van der Waals surface area contributed by atoms with Crippen LogP contribution in [0.15, 0.2) is 23.5 Å². The topological polar surface area (TPSA) is 69.9 Å². The molecule has 6 nitrogen and oxygen atoms in total. The molecule has 22 heavy (non-hydrogen) atoms. The number of unbranched alkanes of at least 4 members (excludes halogenated alkanes) is 2. The molecule has 0 aromatic rings. The van der Waals surface area contributed by atoms with Crippen LogP contribution in [0.1, 0.15) is 32.6 Å². The molecule has 0 bridgehead atoms. The van der Waals surface area contributed by atoms with Gasteiger partial charge >= 0.3 is 11.9 Å². The first-order chi connectivity index (χ1) is 10.6. The number of aliphatic carboxylic acids is 1. The highest BCUT2D eigenvalue weighted by molar-refractivity contribution is 5.94. The first-order valence-electron chi connectivity index (χ1n) is 7.90. The van der Waals surface area contributed by atoms with Gasteiger partial charge in [-0.3, -0.25) is 4.90 Å². The minimum atomic E-state index is -0.983. The molecule has 0 atom stereocenters. The highest BCUT2D eigenvalue weighted by Crippen LogP contribution is 2.21. The molecule has 0 aliphatic carbocycles. The van der Waals surface area contributed by atoms with Crippen LogP contribution in [0.4, 0.5) is 0 Å². The standard InChI is InChI=1S/C16H24N2O4/c1-2-3-4-5-18-11-13(15(19)20)10-14(12-18)16(21)22-9-8-17-6-7-17/h11-12H,2-10H2,1H3,(H,19,20). The third-order valence-electron chi connectivity index (χ3n) is 3.76. The van der Waals surface area contributed by atoms with Gasteiger partial charge in [-0.1, -0.05) is 19.8 Å². The van der Waals surface area contributed by atoms with Crippen LogP contribution in [0.25, 0.3) is 0 Å². The van der Waals surface area contributed by atoms with Gasteiger partial charge in [0.1, 0.15) is 6.61 Å². The van der Waals surface area contributed by atoms with Crippen molar-refractivity contribution in [3.63, 3.8) is 0 Å². The van der Waals surface area contributed by atoms with Gasteiger partial charge in [-0.15, -0.1) is 0 Å². The molecule has 0 unspecified atom stereocenters. The van der Waals surface area contributed by atoms with Gasteiger partial charge in [-0.2, -0.15) is 0 Å². The van der Waals surface area contributed by atoms with Crippen molar-refractivity contribution >= 4 is 11.9 Å². The van der Waals surface area contributed by atoms with Crippen molar-refractivity contribution in [2.45, 2.75) is 32.6 Å². The SMILES string of the molecule is CCCCCN1C=C(C(=O)O)CC(C(=O)OCCN2CC2)=C1. The highest BCUT2D eigenvalue weighted by atomic mass is 16.5. The van der Waals surface area contributed by atoms with Crippen molar-refractivity contribution in [1.82, 2.24) is 9.80 Å². The van der Waals surface area contributed by atoms with E-state index in [0.29, 0.717) is 12.2 Å². The Labute approximate surface area is 131 Å². The molecular formula is C16H24N2O4. The zero-order valence-electron chi connectivity index (χ0n) is 13.1. The van der Waals surface area contributed by atoms with Gasteiger partial charge in [0.15, 0.2) is 0 Å². The van der Waals surface area contributed by atoms with Gasteiger partial charge in [-0.25, -0.2) is 9.59 Å². The van der Waals surface area contributed by atoms with E-state index in [9.17, 15) is 14.7 Å². The Bertz CT molecular complexity index is 481. The number of hydrogen-bond donors (Lipinski definition) is 1. The molecule has 1 saturated heterocycles. The van der Waals surface area contributed by atoms with E-state index in [4.69, 9.17) is 4.74 Å². The fourth-order valence-corrected chi connectivity index (χ4v) is 2.32. The van der Waals surface area contributed by atoms with E-state index < -0.39 is 11.9 Å². The maximum Gasteiger partial charge on any atom is 0.335 e. The fourth-order valence-electron chi connectivity index (χ4n) is 2.32. The maximum atomic E-state index is 12.1. The summed E-state index contributed by atoms with van der Waals surface area (Å²) in [4.78, 5) is 27.3. The normalized spacial score (nSPS) is 17.8. The second kappa shape index (κ2) is 7.98. The van der Waals surface area contributed by atoms with Gasteiger partial charge in [0.2, 0.25) is 0 Å². The van der Waals surface area contributed by atoms with Crippen LogP contribution in [-0.2, 0) is 14.3 Å². The molecule has 0 amide bonds. The van der Waals surface area contributed by atoms with Crippen LogP contribution in [0.2, 0.25) is 0 Å². The number of ether oxygens (including phenoxy) is 1. The predicted octanol–water partition coefficient (Wildman–Crippen LogP) is 1.59. The number of nitrogens with zero attached hydrogens (tertiary/aromatic N) is 2. The first-order valence-corrected chi connectivity index (χ1v) is 7.90. The number of esters is 1. The molecule has 2 heterocycles. The largest absolute Gasteiger partial charge is 0.478 e. The Morgan fingerprint density at radius 1 is 1.18 bits per heavy atom. The van der Waals surface area contributed by atoms with E-state index >= 15 is 0 Å². The lowest BCUT2D eigenvalue weighted by Gasteiger charge is -2.23. The Kier molecular flexibility index (Phi) is 6.00. The second-order valence-corrected chi connectivity index (χ2v) is 5.71. The van der Waals surface area contributed by atoms with Crippen LogP contribution in [0.5, 0.6) is 0 Å². The van der Waals surface area contributed by atoms with Crippen LogP contribution in [0.3, 0.4) is 0 Å². The van der Waals surface area contributed by atoms with E-state index in [0.717, 1.165) is 45.4 Å². The van der Waals surface area contributed by atoms with Crippen LogP contribution < -0.4 is 0 Å². The van der Waals surface area contributed by atoms with Gasteiger partial charge in [-0.05, 0) is 6.42 Å². The zero-order chi connectivity index (χ0) is 15.9. The number of carboxylic acid groups (broad SMARTS) is 1. The average Bonchev–Trinajstić information content (AvgIpc) is 3.31. The lowest BCUT2D eigenvalue weighted by molar-refractivity contribution is -0.139. The molecule has 122 valence electrons. The van der Waals surface area contributed by atoms with E-state index in [1.165, 1.54) is 0 Å². The molecule has 0 spiro atoms. The number of carbonyl (C=O) groups excluding carboxylic acids is 1. The van der Waals surface area contributed by atoms with Crippen molar-refractivity contribution in [3.8, 4) is 0 Å². The smallest absolute Gasteiger partial charge is 0.335 e. The maximum absolute atomic E-state index is 12.1. The van der Waals surface area contributed by atoms with Gasteiger partial charge in [0.05, 0.1) is 11.1 Å². The molecule has 2 aliphatic heterocycles. The Morgan fingerprint density at radius 2 is 1.91 bits per heavy atom. The summed E-state index contributed by atoms with van der Waals surface area (Å²) in [7, 11) is 0. The first kappa shape index (κ1) is 16.5. The van der Waals surface area contributed by atoms with Crippen LogP contribution in [-0.4, -0.2) is 59.6 Å². The van der Waals surface area contributed by atoms with Gasteiger partial charge < -0.3 is 14.7 Å². The van der Waals surface area contributed by atoms with Crippen LogP contribution in [0, 0.1) is 0 Å². The monoisotopic (exact) mass is 308 g/mol. The minimum absolute atomic E-state index is 0.127. The third-order valence-corrected chi connectivity index (χ3v) is 3.76. The van der Waals surface area contributed by atoms with Crippen molar-refractivity contribution in [3.05, 3.63) is 23.5 Å². The fraction of sp³-hybridized carbons (Fsp3) is 0.625. The third kappa shape index (κ3) is 5.18. The van der Waals surface area contributed by atoms with Crippen LogP contribution >= 0.6 is 0 Å². The second-order valence-electron chi connectivity index (χ2n) is 5.71. The highest BCUT2D eigenvalue weighted by Gasteiger charge is 2.23. The lowest BCUT2D eigenvalue weighted by atomic mass is 10.0. The molecule has 6 heteroatoms.